The number of nitrogens with one attached hydrogen (secondary N) is 2. The molecule has 2 heterocycles. The number of hydrogen-bond donors (Lipinski definition) is 2. The Hall–Kier alpha value is -2.12. The maximum absolute atomic E-state index is 12.7. The SMILES string of the molecule is Cc1c(C(=O)Nc2cccc(Cl)c2N(C)C)nnn1C1CCNCC1. The van der Waals surface area contributed by atoms with Crippen molar-refractivity contribution < 1.29 is 4.79 Å². The first-order valence-electron chi connectivity index (χ1n) is 8.38. The summed E-state index contributed by atoms with van der Waals surface area (Å²) in [5, 5.41) is 15.2. The van der Waals surface area contributed by atoms with E-state index in [-0.39, 0.29) is 5.91 Å². The predicted molar refractivity (Wildman–Crippen MR) is 99.6 cm³/mol. The lowest BCUT2D eigenvalue weighted by molar-refractivity contribution is 0.102. The van der Waals surface area contributed by atoms with Gasteiger partial charge in [-0.25, -0.2) is 4.68 Å². The Morgan fingerprint density at radius 2 is 2.08 bits per heavy atom. The van der Waals surface area contributed by atoms with Gasteiger partial charge in [0.1, 0.15) is 0 Å². The normalized spacial score (nSPS) is 15.2. The van der Waals surface area contributed by atoms with Crippen LogP contribution < -0.4 is 15.5 Å². The first-order chi connectivity index (χ1) is 12.0. The minimum Gasteiger partial charge on any atom is -0.375 e. The second kappa shape index (κ2) is 7.41. The summed E-state index contributed by atoms with van der Waals surface area (Å²) >= 11 is 6.26. The van der Waals surface area contributed by atoms with E-state index in [4.69, 9.17) is 11.6 Å². The van der Waals surface area contributed by atoms with Crippen molar-refractivity contribution in [3.05, 3.63) is 34.6 Å². The lowest BCUT2D eigenvalue weighted by Crippen LogP contribution is -2.30. The lowest BCUT2D eigenvalue weighted by atomic mass is 10.1. The molecule has 1 amide bonds. The van der Waals surface area contributed by atoms with E-state index in [9.17, 15) is 4.79 Å². The zero-order chi connectivity index (χ0) is 18.0. The Labute approximate surface area is 152 Å². The van der Waals surface area contributed by atoms with Crippen molar-refractivity contribution >= 4 is 28.9 Å². The third-order valence-electron chi connectivity index (χ3n) is 4.48. The van der Waals surface area contributed by atoms with Crippen LogP contribution in [0.3, 0.4) is 0 Å². The molecular weight excluding hydrogens is 340 g/mol. The fourth-order valence-corrected chi connectivity index (χ4v) is 3.54. The molecule has 0 atom stereocenters. The van der Waals surface area contributed by atoms with Crippen LogP contribution in [-0.2, 0) is 0 Å². The second-order valence-corrected chi connectivity index (χ2v) is 6.84. The number of amides is 1. The molecule has 0 unspecified atom stereocenters. The number of halogens is 1. The van der Waals surface area contributed by atoms with Gasteiger partial charge in [0, 0.05) is 14.1 Å². The van der Waals surface area contributed by atoms with E-state index >= 15 is 0 Å². The highest BCUT2D eigenvalue weighted by Gasteiger charge is 2.23. The fraction of sp³-hybridized carbons (Fsp3) is 0.471. The summed E-state index contributed by atoms with van der Waals surface area (Å²) in [6, 6.07) is 5.72. The van der Waals surface area contributed by atoms with Gasteiger partial charge in [0.25, 0.3) is 5.91 Å². The molecule has 7 nitrogen and oxygen atoms in total. The molecule has 0 bridgehead atoms. The summed E-state index contributed by atoms with van der Waals surface area (Å²) in [5.41, 5.74) is 2.56. The highest BCUT2D eigenvalue weighted by molar-refractivity contribution is 6.34. The molecule has 2 N–H and O–H groups in total. The summed E-state index contributed by atoms with van der Waals surface area (Å²) in [6.07, 6.45) is 1.98. The summed E-state index contributed by atoms with van der Waals surface area (Å²) in [7, 11) is 3.77. The molecule has 25 heavy (non-hydrogen) atoms. The Kier molecular flexibility index (Phi) is 5.24. The van der Waals surface area contributed by atoms with Crippen LogP contribution in [0.2, 0.25) is 5.02 Å². The number of aromatic nitrogens is 3. The van der Waals surface area contributed by atoms with Gasteiger partial charge in [-0.2, -0.15) is 0 Å². The fourth-order valence-electron chi connectivity index (χ4n) is 3.20. The number of hydrogen-bond acceptors (Lipinski definition) is 5. The molecule has 1 aliphatic rings. The van der Waals surface area contributed by atoms with Gasteiger partial charge in [-0.05, 0) is 45.0 Å². The maximum atomic E-state index is 12.7. The summed E-state index contributed by atoms with van der Waals surface area (Å²) in [6.45, 7) is 3.81. The van der Waals surface area contributed by atoms with Crippen LogP contribution in [0.25, 0.3) is 0 Å². The number of benzene rings is 1. The van der Waals surface area contributed by atoms with Crippen LogP contribution in [0.5, 0.6) is 0 Å². The van der Waals surface area contributed by atoms with Crippen molar-refractivity contribution in [2.75, 3.05) is 37.4 Å². The maximum Gasteiger partial charge on any atom is 0.278 e. The third-order valence-corrected chi connectivity index (χ3v) is 4.78. The summed E-state index contributed by atoms with van der Waals surface area (Å²) in [5.74, 6) is -0.275. The van der Waals surface area contributed by atoms with Crippen molar-refractivity contribution in [2.24, 2.45) is 0 Å². The van der Waals surface area contributed by atoms with E-state index < -0.39 is 0 Å². The van der Waals surface area contributed by atoms with E-state index in [2.05, 4.69) is 20.9 Å². The van der Waals surface area contributed by atoms with Crippen LogP contribution in [0.1, 0.15) is 35.1 Å². The van der Waals surface area contributed by atoms with Crippen molar-refractivity contribution in [3.63, 3.8) is 0 Å². The van der Waals surface area contributed by atoms with E-state index in [0.29, 0.717) is 22.4 Å². The molecule has 1 aromatic heterocycles. The van der Waals surface area contributed by atoms with Gasteiger partial charge in [0.15, 0.2) is 5.69 Å². The molecule has 134 valence electrons. The van der Waals surface area contributed by atoms with Crippen molar-refractivity contribution in [1.29, 1.82) is 0 Å². The van der Waals surface area contributed by atoms with Crippen LogP contribution in [-0.4, -0.2) is 48.1 Å². The number of carbonyl (C=O) groups excluding carboxylic acids is 1. The molecule has 1 aliphatic heterocycles. The highest BCUT2D eigenvalue weighted by atomic mass is 35.5. The minimum atomic E-state index is -0.275. The number of anilines is 2. The molecule has 0 saturated carbocycles. The van der Waals surface area contributed by atoms with Crippen LogP contribution in [0, 0.1) is 6.92 Å². The van der Waals surface area contributed by atoms with Gasteiger partial charge in [0.2, 0.25) is 0 Å². The predicted octanol–water partition coefficient (Wildman–Crippen LogP) is 2.48. The minimum absolute atomic E-state index is 0.275. The van der Waals surface area contributed by atoms with Crippen molar-refractivity contribution in [1.82, 2.24) is 20.3 Å². The molecule has 0 aliphatic carbocycles. The Morgan fingerprint density at radius 1 is 1.36 bits per heavy atom. The summed E-state index contributed by atoms with van der Waals surface area (Å²) < 4.78 is 1.88. The zero-order valence-electron chi connectivity index (χ0n) is 14.7. The van der Waals surface area contributed by atoms with Crippen molar-refractivity contribution in [3.8, 4) is 0 Å². The average Bonchev–Trinajstić information content (AvgIpc) is 2.97. The Morgan fingerprint density at radius 3 is 2.76 bits per heavy atom. The number of piperidine rings is 1. The quantitative estimate of drug-likeness (QED) is 0.874. The number of nitrogens with zero attached hydrogens (tertiary/aromatic N) is 4. The molecule has 0 spiro atoms. The molecule has 0 radical (unpaired) electrons. The van der Waals surface area contributed by atoms with Crippen LogP contribution >= 0.6 is 11.6 Å². The smallest absolute Gasteiger partial charge is 0.278 e. The zero-order valence-corrected chi connectivity index (χ0v) is 15.5. The monoisotopic (exact) mass is 362 g/mol. The van der Waals surface area contributed by atoms with Crippen molar-refractivity contribution in [2.45, 2.75) is 25.8 Å². The topological polar surface area (TPSA) is 75.1 Å². The number of carbonyl (C=O) groups is 1. The number of para-hydroxylation sites is 1. The van der Waals surface area contributed by atoms with E-state index in [1.54, 1.807) is 6.07 Å². The van der Waals surface area contributed by atoms with E-state index in [0.717, 1.165) is 37.3 Å². The van der Waals surface area contributed by atoms with E-state index in [1.807, 2.05) is 42.7 Å². The van der Waals surface area contributed by atoms with Gasteiger partial charge in [-0.1, -0.05) is 22.9 Å². The second-order valence-electron chi connectivity index (χ2n) is 6.43. The van der Waals surface area contributed by atoms with Gasteiger partial charge in [0.05, 0.1) is 28.1 Å². The molecular formula is C17H23ClN6O. The Balaban J connectivity index is 1.83. The van der Waals surface area contributed by atoms with Gasteiger partial charge in [-0.15, -0.1) is 5.10 Å². The molecule has 8 heteroatoms. The molecule has 1 saturated heterocycles. The summed E-state index contributed by atoms with van der Waals surface area (Å²) in [4.78, 5) is 14.6. The largest absolute Gasteiger partial charge is 0.375 e. The third kappa shape index (κ3) is 3.62. The lowest BCUT2D eigenvalue weighted by Gasteiger charge is -2.23. The molecule has 2 aromatic rings. The van der Waals surface area contributed by atoms with Crippen LogP contribution in [0.4, 0.5) is 11.4 Å². The Bertz CT molecular complexity index is 766. The molecule has 1 aromatic carbocycles. The molecule has 1 fully saturated rings. The molecule has 3 rings (SSSR count). The van der Waals surface area contributed by atoms with Crippen LogP contribution in [0.15, 0.2) is 18.2 Å². The standard InChI is InChI=1S/C17H23ClN6O/c1-11-15(21-22-24(11)12-7-9-19-10-8-12)17(25)20-14-6-4-5-13(18)16(14)23(2)3/h4-6,12,19H,7-10H2,1-3H3,(H,20,25). The van der Waals surface area contributed by atoms with Gasteiger partial charge in [-0.3, -0.25) is 4.79 Å². The van der Waals surface area contributed by atoms with E-state index in [1.165, 1.54) is 0 Å². The highest BCUT2D eigenvalue weighted by Crippen LogP contribution is 2.32. The van der Waals surface area contributed by atoms with Gasteiger partial charge < -0.3 is 15.5 Å². The number of rotatable bonds is 4. The van der Waals surface area contributed by atoms with Gasteiger partial charge >= 0.3 is 0 Å². The first kappa shape index (κ1) is 17.7. The first-order valence-corrected chi connectivity index (χ1v) is 8.76. The average molecular weight is 363 g/mol.